The topological polar surface area (TPSA) is 24.9 Å². The summed E-state index contributed by atoms with van der Waals surface area (Å²) in [4.78, 5) is 7.18. The van der Waals surface area contributed by atoms with Gasteiger partial charge in [0.2, 0.25) is 0 Å². The molecule has 0 bridgehead atoms. The Morgan fingerprint density at radius 3 is 2.38 bits per heavy atom. The number of aryl methyl sites for hydroxylation is 1. The van der Waals surface area contributed by atoms with E-state index in [4.69, 9.17) is 17.2 Å². The number of thiocarbonyl (C=S) groups is 1. The van der Waals surface area contributed by atoms with Crippen LogP contribution in [0.5, 0.6) is 0 Å². The normalized spacial score (nSPS) is 12.2. The van der Waals surface area contributed by atoms with E-state index in [1.54, 1.807) is 11.8 Å². The molecule has 0 saturated carbocycles. The maximum absolute atomic E-state index is 5.56. The molecular formula is C24H42N2S3. The molecule has 1 unspecified atom stereocenters. The zero-order chi connectivity index (χ0) is 21.5. The Labute approximate surface area is 194 Å². The van der Waals surface area contributed by atoms with Gasteiger partial charge in [-0.3, -0.25) is 0 Å². The maximum atomic E-state index is 5.56. The predicted molar refractivity (Wildman–Crippen MR) is 138 cm³/mol. The molecule has 0 radical (unpaired) electrons. The van der Waals surface area contributed by atoms with Gasteiger partial charge in [-0.05, 0) is 70.1 Å². The van der Waals surface area contributed by atoms with Crippen LogP contribution in [0.15, 0.2) is 16.0 Å². The Bertz CT molecular complexity index is 564. The Kier molecular flexibility index (Phi) is 15.2. The number of nitrogens with one attached hydrogen (secondary N) is 1. The molecule has 0 fully saturated rings. The molecule has 166 valence electrons. The van der Waals surface area contributed by atoms with Gasteiger partial charge in [0.1, 0.15) is 5.03 Å². The lowest BCUT2D eigenvalue weighted by Crippen LogP contribution is -2.31. The minimum atomic E-state index is 0.475. The quantitative estimate of drug-likeness (QED) is 0.155. The van der Waals surface area contributed by atoms with Gasteiger partial charge in [0.25, 0.3) is 0 Å². The van der Waals surface area contributed by atoms with E-state index in [0.29, 0.717) is 6.04 Å². The van der Waals surface area contributed by atoms with Crippen molar-refractivity contribution in [2.45, 2.75) is 114 Å². The van der Waals surface area contributed by atoms with E-state index in [1.807, 2.05) is 11.8 Å². The smallest absolute Gasteiger partial charge is 0.100 e. The largest absolute Gasteiger partial charge is 0.377 e. The summed E-state index contributed by atoms with van der Waals surface area (Å²) < 4.78 is 0. The molecule has 29 heavy (non-hydrogen) atoms. The van der Waals surface area contributed by atoms with Crippen molar-refractivity contribution in [2.75, 3.05) is 12.5 Å². The summed E-state index contributed by atoms with van der Waals surface area (Å²) in [6, 6.07) is 2.70. The minimum absolute atomic E-state index is 0.475. The van der Waals surface area contributed by atoms with Crippen LogP contribution in [0.2, 0.25) is 0 Å². The van der Waals surface area contributed by atoms with Crippen LogP contribution in [-0.4, -0.2) is 28.5 Å². The number of hydrogen-bond acceptors (Lipinski definition) is 4. The van der Waals surface area contributed by atoms with Crippen LogP contribution in [0.3, 0.4) is 0 Å². The molecule has 1 rings (SSSR count). The van der Waals surface area contributed by atoms with E-state index in [1.165, 1.54) is 79.7 Å². The summed E-state index contributed by atoms with van der Waals surface area (Å²) in [5.41, 5.74) is 2.56. The molecule has 1 N–H and O–H groups in total. The first-order valence-electron chi connectivity index (χ1n) is 11.4. The van der Waals surface area contributed by atoms with Gasteiger partial charge in [-0.25, -0.2) is 4.98 Å². The van der Waals surface area contributed by atoms with Crippen LogP contribution < -0.4 is 5.32 Å². The summed E-state index contributed by atoms with van der Waals surface area (Å²) in [6.07, 6.45) is 19.5. The average molecular weight is 455 g/mol. The van der Waals surface area contributed by atoms with Gasteiger partial charge >= 0.3 is 0 Å². The molecule has 1 atom stereocenters. The first-order chi connectivity index (χ1) is 14.0. The van der Waals surface area contributed by atoms with Crippen LogP contribution in [0.1, 0.15) is 95.7 Å². The van der Waals surface area contributed by atoms with Gasteiger partial charge in [0.05, 0.1) is 4.99 Å². The van der Waals surface area contributed by atoms with Crippen molar-refractivity contribution in [3.05, 3.63) is 17.3 Å². The second-order valence-corrected chi connectivity index (χ2v) is 10.2. The third kappa shape index (κ3) is 11.6. The zero-order valence-corrected chi connectivity index (χ0v) is 21.8. The fourth-order valence-electron chi connectivity index (χ4n) is 3.64. The van der Waals surface area contributed by atoms with E-state index in [9.17, 15) is 0 Å². The van der Waals surface area contributed by atoms with Crippen LogP contribution >= 0.6 is 35.7 Å². The van der Waals surface area contributed by atoms with E-state index < -0.39 is 0 Å². The van der Waals surface area contributed by atoms with Gasteiger partial charge in [0, 0.05) is 16.6 Å². The fraction of sp³-hybridized carbons (Fsp3) is 0.750. The third-order valence-corrected chi connectivity index (χ3v) is 7.17. The van der Waals surface area contributed by atoms with Crippen LogP contribution in [0, 0.1) is 6.92 Å². The Balaban J connectivity index is 2.22. The van der Waals surface area contributed by atoms with Crippen molar-refractivity contribution in [1.82, 2.24) is 10.3 Å². The summed E-state index contributed by atoms with van der Waals surface area (Å²) in [5.74, 6) is 0. The van der Waals surface area contributed by atoms with Gasteiger partial charge in [-0.15, -0.1) is 23.5 Å². The number of thioether (sulfide) groups is 2. The van der Waals surface area contributed by atoms with Crippen molar-refractivity contribution < 1.29 is 0 Å². The average Bonchev–Trinajstić information content (AvgIpc) is 2.70. The number of aromatic nitrogens is 1. The first-order valence-corrected chi connectivity index (χ1v) is 14.2. The standard InChI is InChI=1S/C24H42N2S3/c1-6-7-8-9-10-11-12-17-23(27)25-19(2)15-13-14-16-21-22(28-4)18-20(3)26-24(21)29-5/h18-19H,6-17H2,1-5H3,(H,25,27). The van der Waals surface area contributed by atoms with Crippen LogP contribution in [0.25, 0.3) is 0 Å². The Morgan fingerprint density at radius 2 is 1.72 bits per heavy atom. The molecule has 0 aliphatic heterocycles. The molecule has 0 aliphatic rings. The third-order valence-electron chi connectivity index (χ3n) is 5.32. The molecule has 0 spiro atoms. The Morgan fingerprint density at radius 1 is 1.03 bits per heavy atom. The summed E-state index contributed by atoms with van der Waals surface area (Å²) in [5, 5.41) is 4.76. The molecule has 5 heteroatoms. The Hall–Kier alpha value is -0.260. The first kappa shape index (κ1) is 26.8. The number of nitrogens with zero attached hydrogens (tertiary/aromatic N) is 1. The molecule has 0 aromatic carbocycles. The lowest BCUT2D eigenvalue weighted by molar-refractivity contribution is 0.550. The SMILES string of the molecule is CCCCCCCCCC(=S)NC(C)CCCCc1c(SC)cc(C)nc1SC. The highest BCUT2D eigenvalue weighted by atomic mass is 32.2. The second kappa shape index (κ2) is 16.4. The van der Waals surface area contributed by atoms with E-state index in [2.05, 4.69) is 44.7 Å². The highest BCUT2D eigenvalue weighted by Gasteiger charge is 2.11. The number of hydrogen-bond donors (Lipinski definition) is 1. The van der Waals surface area contributed by atoms with E-state index >= 15 is 0 Å². The van der Waals surface area contributed by atoms with Crippen molar-refractivity contribution in [1.29, 1.82) is 0 Å². The molecular weight excluding hydrogens is 412 g/mol. The number of pyridine rings is 1. The molecule has 1 aromatic heterocycles. The molecule has 1 heterocycles. The van der Waals surface area contributed by atoms with Crippen LogP contribution in [-0.2, 0) is 6.42 Å². The highest BCUT2D eigenvalue weighted by molar-refractivity contribution is 7.99. The molecule has 0 aliphatic carbocycles. The molecule has 1 aromatic rings. The van der Waals surface area contributed by atoms with Crippen molar-refractivity contribution in [2.24, 2.45) is 0 Å². The van der Waals surface area contributed by atoms with Gasteiger partial charge in [-0.1, -0.05) is 64.1 Å². The van der Waals surface area contributed by atoms with Crippen molar-refractivity contribution in [3.8, 4) is 0 Å². The van der Waals surface area contributed by atoms with E-state index in [-0.39, 0.29) is 0 Å². The molecule has 0 saturated heterocycles. The van der Waals surface area contributed by atoms with E-state index in [0.717, 1.165) is 23.5 Å². The fourth-order valence-corrected chi connectivity index (χ4v) is 5.47. The summed E-state index contributed by atoms with van der Waals surface area (Å²) >= 11 is 9.17. The van der Waals surface area contributed by atoms with Gasteiger partial charge in [0.15, 0.2) is 0 Å². The highest BCUT2D eigenvalue weighted by Crippen LogP contribution is 2.30. The monoisotopic (exact) mass is 454 g/mol. The maximum Gasteiger partial charge on any atom is 0.100 e. The number of rotatable bonds is 16. The van der Waals surface area contributed by atoms with Crippen molar-refractivity contribution >= 4 is 40.7 Å². The van der Waals surface area contributed by atoms with Gasteiger partial charge in [-0.2, -0.15) is 0 Å². The van der Waals surface area contributed by atoms with Crippen molar-refractivity contribution in [3.63, 3.8) is 0 Å². The lowest BCUT2D eigenvalue weighted by Gasteiger charge is -2.17. The summed E-state index contributed by atoms with van der Waals surface area (Å²) in [6.45, 7) is 6.63. The number of unbranched alkanes of at least 4 members (excludes halogenated alkanes) is 7. The zero-order valence-electron chi connectivity index (χ0n) is 19.3. The predicted octanol–water partition coefficient (Wildman–Crippen LogP) is 7.99. The second-order valence-electron chi connectivity index (χ2n) is 8.04. The minimum Gasteiger partial charge on any atom is -0.377 e. The molecule has 2 nitrogen and oxygen atoms in total. The van der Waals surface area contributed by atoms with Gasteiger partial charge < -0.3 is 5.32 Å². The van der Waals surface area contributed by atoms with Crippen LogP contribution in [0.4, 0.5) is 0 Å². The molecule has 0 amide bonds. The lowest BCUT2D eigenvalue weighted by atomic mass is 10.1. The summed E-state index contributed by atoms with van der Waals surface area (Å²) in [7, 11) is 0.